The van der Waals surface area contributed by atoms with Crippen LogP contribution in [-0.4, -0.2) is 72.3 Å². The lowest BCUT2D eigenvalue weighted by Crippen LogP contribution is -2.52. The molecule has 2 rings (SSSR count). The van der Waals surface area contributed by atoms with Gasteiger partial charge in [0.05, 0.1) is 6.54 Å². The number of rotatable bonds is 7. The van der Waals surface area contributed by atoms with E-state index in [1.165, 1.54) is 0 Å². The minimum absolute atomic E-state index is 0.0158. The molecule has 7 nitrogen and oxygen atoms in total. The highest BCUT2D eigenvalue weighted by Crippen LogP contribution is 2.06. The normalized spacial score (nSPS) is 16.1. The SMILES string of the molecule is CC(C)NC(=O)CN1CCN(C(=O)CC(C)NC(=O)c2ccccc2)CC1. The highest BCUT2D eigenvalue weighted by Gasteiger charge is 2.24. The minimum Gasteiger partial charge on any atom is -0.353 e. The van der Waals surface area contributed by atoms with Crippen LogP contribution in [0.1, 0.15) is 37.6 Å². The molecule has 1 heterocycles. The van der Waals surface area contributed by atoms with Crippen molar-refractivity contribution in [1.29, 1.82) is 0 Å². The van der Waals surface area contributed by atoms with E-state index < -0.39 is 0 Å². The monoisotopic (exact) mass is 374 g/mol. The van der Waals surface area contributed by atoms with E-state index in [0.717, 1.165) is 0 Å². The Kier molecular flexibility index (Phi) is 7.79. The summed E-state index contributed by atoms with van der Waals surface area (Å²) in [5.41, 5.74) is 0.588. The van der Waals surface area contributed by atoms with Crippen molar-refractivity contribution in [2.45, 2.75) is 39.3 Å². The molecule has 1 fully saturated rings. The zero-order chi connectivity index (χ0) is 19.8. The molecule has 2 N–H and O–H groups in total. The summed E-state index contributed by atoms with van der Waals surface area (Å²) >= 11 is 0. The highest BCUT2D eigenvalue weighted by molar-refractivity contribution is 5.94. The second-order valence-electron chi connectivity index (χ2n) is 7.32. The van der Waals surface area contributed by atoms with Gasteiger partial charge in [-0.15, -0.1) is 0 Å². The quantitative estimate of drug-likeness (QED) is 0.742. The van der Waals surface area contributed by atoms with Crippen molar-refractivity contribution in [3.05, 3.63) is 35.9 Å². The molecule has 1 aliphatic heterocycles. The van der Waals surface area contributed by atoms with Gasteiger partial charge in [0.25, 0.3) is 5.91 Å². The topological polar surface area (TPSA) is 81.8 Å². The maximum atomic E-state index is 12.5. The van der Waals surface area contributed by atoms with Gasteiger partial charge >= 0.3 is 0 Å². The molecule has 1 unspecified atom stereocenters. The van der Waals surface area contributed by atoms with Gasteiger partial charge in [-0.05, 0) is 32.9 Å². The molecular formula is C20H30N4O3. The molecule has 1 saturated heterocycles. The molecule has 0 bridgehead atoms. The molecule has 0 aromatic heterocycles. The fraction of sp³-hybridized carbons (Fsp3) is 0.550. The number of nitrogens with zero attached hydrogens (tertiary/aromatic N) is 2. The van der Waals surface area contributed by atoms with Gasteiger partial charge in [-0.1, -0.05) is 18.2 Å². The molecule has 7 heteroatoms. The molecule has 1 aromatic rings. The third-order valence-electron chi connectivity index (χ3n) is 4.44. The number of piperazine rings is 1. The maximum Gasteiger partial charge on any atom is 0.251 e. The van der Waals surface area contributed by atoms with Gasteiger partial charge in [0.1, 0.15) is 0 Å². The number of nitrogens with one attached hydrogen (secondary N) is 2. The van der Waals surface area contributed by atoms with Crippen LogP contribution in [0.5, 0.6) is 0 Å². The van der Waals surface area contributed by atoms with E-state index in [9.17, 15) is 14.4 Å². The first kappa shape index (κ1) is 20.9. The lowest BCUT2D eigenvalue weighted by molar-refractivity contribution is -0.133. The van der Waals surface area contributed by atoms with Crippen LogP contribution >= 0.6 is 0 Å². The van der Waals surface area contributed by atoms with Crippen LogP contribution in [0.3, 0.4) is 0 Å². The molecule has 0 radical (unpaired) electrons. The number of carbonyl (C=O) groups is 3. The van der Waals surface area contributed by atoms with Crippen molar-refractivity contribution in [2.24, 2.45) is 0 Å². The molecule has 1 aromatic carbocycles. The lowest BCUT2D eigenvalue weighted by Gasteiger charge is -2.35. The second kappa shape index (κ2) is 10.1. The van der Waals surface area contributed by atoms with Crippen LogP contribution in [0.25, 0.3) is 0 Å². The summed E-state index contributed by atoms with van der Waals surface area (Å²) in [5, 5.41) is 5.75. The number of amides is 3. The first-order chi connectivity index (χ1) is 12.8. The summed E-state index contributed by atoms with van der Waals surface area (Å²) in [7, 11) is 0. The summed E-state index contributed by atoms with van der Waals surface area (Å²) in [6.07, 6.45) is 0.270. The standard InChI is InChI=1S/C20H30N4O3/c1-15(2)21-18(25)14-23-9-11-24(12-10-23)19(26)13-16(3)22-20(27)17-7-5-4-6-8-17/h4-8,15-16H,9-14H2,1-3H3,(H,21,25)(H,22,27). The summed E-state index contributed by atoms with van der Waals surface area (Å²) in [4.78, 5) is 40.3. The van der Waals surface area contributed by atoms with Crippen LogP contribution in [0.15, 0.2) is 30.3 Å². The Labute approximate surface area is 161 Å². The predicted octanol–water partition coefficient (Wildman–Crippen LogP) is 0.864. The lowest BCUT2D eigenvalue weighted by atomic mass is 10.1. The first-order valence-electron chi connectivity index (χ1n) is 9.50. The van der Waals surface area contributed by atoms with Crippen LogP contribution in [0.2, 0.25) is 0 Å². The third kappa shape index (κ3) is 7.02. The van der Waals surface area contributed by atoms with Gasteiger partial charge in [0, 0.05) is 50.2 Å². The molecule has 148 valence electrons. The maximum absolute atomic E-state index is 12.5. The minimum atomic E-state index is -0.236. The largest absolute Gasteiger partial charge is 0.353 e. The van der Waals surface area contributed by atoms with Crippen molar-refractivity contribution in [2.75, 3.05) is 32.7 Å². The van der Waals surface area contributed by atoms with E-state index in [1.807, 2.05) is 43.9 Å². The van der Waals surface area contributed by atoms with E-state index in [0.29, 0.717) is 38.3 Å². The van der Waals surface area contributed by atoms with Gasteiger partial charge in [0.15, 0.2) is 0 Å². The van der Waals surface area contributed by atoms with Crippen molar-refractivity contribution in [1.82, 2.24) is 20.4 Å². The highest BCUT2D eigenvalue weighted by atomic mass is 16.2. The van der Waals surface area contributed by atoms with E-state index in [1.54, 1.807) is 12.1 Å². The van der Waals surface area contributed by atoms with Crippen LogP contribution in [0, 0.1) is 0 Å². The Bertz CT molecular complexity index is 640. The molecule has 27 heavy (non-hydrogen) atoms. The van der Waals surface area contributed by atoms with Gasteiger partial charge < -0.3 is 15.5 Å². The number of hydrogen-bond donors (Lipinski definition) is 2. The average molecular weight is 374 g/mol. The first-order valence-corrected chi connectivity index (χ1v) is 9.50. The number of hydrogen-bond acceptors (Lipinski definition) is 4. The number of benzene rings is 1. The molecule has 1 atom stereocenters. The summed E-state index contributed by atoms with van der Waals surface area (Å²) in [5.74, 6) is -0.124. The van der Waals surface area contributed by atoms with Crippen molar-refractivity contribution in [3.63, 3.8) is 0 Å². The fourth-order valence-electron chi connectivity index (χ4n) is 3.06. The summed E-state index contributed by atoms with van der Waals surface area (Å²) in [6.45, 7) is 8.65. The van der Waals surface area contributed by atoms with E-state index in [-0.39, 0.29) is 36.2 Å². The Hall–Kier alpha value is -2.41. The summed E-state index contributed by atoms with van der Waals surface area (Å²) in [6, 6.07) is 8.87. The van der Waals surface area contributed by atoms with Crippen molar-refractivity contribution >= 4 is 17.7 Å². The van der Waals surface area contributed by atoms with E-state index in [4.69, 9.17) is 0 Å². The van der Waals surface area contributed by atoms with Crippen LogP contribution in [0.4, 0.5) is 0 Å². The number of carbonyl (C=O) groups excluding carboxylic acids is 3. The zero-order valence-electron chi connectivity index (χ0n) is 16.4. The molecular weight excluding hydrogens is 344 g/mol. The molecule has 1 aliphatic rings. The average Bonchev–Trinajstić information content (AvgIpc) is 2.62. The smallest absolute Gasteiger partial charge is 0.251 e. The molecule has 0 saturated carbocycles. The van der Waals surface area contributed by atoms with Gasteiger partial charge in [-0.3, -0.25) is 19.3 Å². The summed E-state index contributed by atoms with van der Waals surface area (Å²) < 4.78 is 0. The molecule has 3 amide bonds. The van der Waals surface area contributed by atoms with Crippen LogP contribution < -0.4 is 10.6 Å². The van der Waals surface area contributed by atoms with Gasteiger partial charge in [-0.2, -0.15) is 0 Å². The molecule has 0 spiro atoms. The van der Waals surface area contributed by atoms with Crippen molar-refractivity contribution in [3.8, 4) is 0 Å². The molecule has 0 aliphatic carbocycles. The van der Waals surface area contributed by atoms with E-state index in [2.05, 4.69) is 15.5 Å². The fourth-order valence-corrected chi connectivity index (χ4v) is 3.06. The third-order valence-corrected chi connectivity index (χ3v) is 4.44. The zero-order valence-corrected chi connectivity index (χ0v) is 16.4. The van der Waals surface area contributed by atoms with Gasteiger partial charge in [0.2, 0.25) is 11.8 Å². The Morgan fingerprint density at radius 1 is 0.963 bits per heavy atom. The van der Waals surface area contributed by atoms with Crippen LogP contribution in [-0.2, 0) is 9.59 Å². The Morgan fingerprint density at radius 3 is 2.19 bits per heavy atom. The Morgan fingerprint density at radius 2 is 1.59 bits per heavy atom. The van der Waals surface area contributed by atoms with E-state index >= 15 is 0 Å². The van der Waals surface area contributed by atoms with Gasteiger partial charge in [-0.25, -0.2) is 0 Å². The van der Waals surface area contributed by atoms with Crippen molar-refractivity contribution < 1.29 is 14.4 Å². The Balaban J connectivity index is 1.72. The predicted molar refractivity (Wildman–Crippen MR) is 104 cm³/mol. The second-order valence-corrected chi connectivity index (χ2v) is 7.32.